The first-order chi connectivity index (χ1) is 9.76. The molecule has 3 nitrogen and oxygen atoms in total. The minimum atomic E-state index is -0.328. The lowest BCUT2D eigenvalue weighted by Gasteiger charge is -2.17. The predicted octanol–water partition coefficient (Wildman–Crippen LogP) is 4.44. The van der Waals surface area contributed by atoms with Crippen molar-refractivity contribution in [1.82, 2.24) is 5.32 Å². The molecule has 0 aliphatic carbocycles. The third-order valence-electron chi connectivity index (χ3n) is 3.13. The summed E-state index contributed by atoms with van der Waals surface area (Å²) in [5, 5.41) is 2.95. The van der Waals surface area contributed by atoms with Gasteiger partial charge in [0.1, 0.15) is 6.61 Å². The lowest BCUT2D eigenvalue weighted by molar-refractivity contribution is 0.134. The Hall–Kier alpha value is -1.77. The van der Waals surface area contributed by atoms with E-state index in [1.807, 2.05) is 36.4 Å². The second-order valence-corrected chi connectivity index (χ2v) is 4.91. The first kappa shape index (κ1) is 16.3. The maximum absolute atomic E-state index is 11.8. The molecule has 0 radical (unpaired) electrons. The second-order valence-electron chi connectivity index (χ2n) is 4.91. The average molecular weight is 275 g/mol. The highest BCUT2D eigenvalue weighted by Gasteiger charge is 2.11. The van der Waals surface area contributed by atoms with Crippen molar-refractivity contribution in [2.45, 2.75) is 51.7 Å². The molecule has 1 rings (SSSR count). The van der Waals surface area contributed by atoms with Gasteiger partial charge < -0.3 is 10.1 Å². The van der Waals surface area contributed by atoms with Gasteiger partial charge >= 0.3 is 6.09 Å². The fourth-order valence-electron chi connectivity index (χ4n) is 2.08. The number of unbranched alkanes of at least 4 members (excludes halogenated alkanes) is 1. The Bertz CT molecular complexity index is 389. The minimum Gasteiger partial charge on any atom is -0.445 e. The highest BCUT2D eigenvalue weighted by Crippen LogP contribution is 2.08. The summed E-state index contributed by atoms with van der Waals surface area (Å²) in [6.45, 7) is 6.16. The number of ether oxygens (including phenoxy) is 1. The van der Waals surface area contributed by atoms with Crippen LogP contribution in [0.25, 0.3) is 0 Å². The van der Waals surface area contributed by atoms with Crippen LogP contribution in [0, 0.1) is 0 Å². The molecule has 0 unspecified atom stereocenters. The lowest BCUT2D eigenvalue weighted by atomic mass is 10.1. The fraction of sp³-hybridized carbons (Fsp3) is 0.471. The Kier molecular flexibility index (Phi) is 8.20. The fourth-order valence-corrected chi connectivity index (χ4v) is 2.08. The van der Waals surface area contributed by atoms with Crippen molar-refractivity contribution in [2.24, 2.45) is 0 Å². The molecule has 20 heavy (non-hydrogen) atoms. The van der Waals surface area contributed by atoms with Crippen LogP contribution in [0.1, 0.15) is 44.6 Å². The first-order valence-corrected chi connectivity index (χ1v) is 7.34. The maximum Gasteiger partial charge on any atom is 0.407 e. The highest BCUT2D eigenvalue weighted by molar-refractivity contribution is 5.67. The van der Waals surface area contributed by atoms with Crippen LogP contribution in [0.3, 0.4) is 0 Å². The Morgan fingerprint density at radius 1 is 1.35 bits per heavy atom. The summed E-state index contributed by atoms with van der Waals surface area (Å²) in [5.74, 6) is 0. The third-order valence-corrected chi connectivity index (χ3v) is 3.13. The number of rotatable bonds is 9. The van der Waals surface area contributed by atoms with Gasteiger partial charge in [-0.3, -0.25) is 0 Å². The van der Waals surface area contributed by atoms with E-state index >= 15 is 0 Å². The average Bonchev–Trinajstić information content (AvgIpc) is 2.47. The number of benzene rings is 1. The zero-order chi connectivity index (χ0) is 14.6. The molecule has 1 N–H and O–H groups in total. The molecule has 0 bridgehead atoms. The van der Waals surface area contributed by atoms with Gasteiger partial charge in [0.15, 0.2) is 0 Å². The molecule has 0 aliphatic heterocycles. The van der Waals surface area contributed by atoms with E-state index in [1.165, 1.54) is 0 Å². The molecule has 0 spiro atoms. The number of carbonyl (C=O) groups is 1. The third kappa shape index (κ3) is 6.98. The molecule has 0 aliphatic rings. The van der Waals surface area contributed by atoms with Gasteiger partial charge in [-0.2, -0.15) is 0 Å². The van der Waals surface area contributed by atoms with Crippen molar-refractivity contribution in [3.63, 3.8) is 0 Å². The lowest BCUT2D eigenvalue weighted by Crippen LogP contribution is -2.35. The van der Waals surface area contributed by atoms with Crippen LogP contribution in [0.5, 0.6) is 0 Å². The number of allylic oxidation sites excluding steroid dienone is 1. The van der Waals surface area contributed by atoms with Crippen LogP contribution < -0.4 is 5.32 Å². The van der Waals surface area contributed by atoms with Crippen LogP contribution in [0.4, 0.5) is 4.79 Å². The van der Waals surface area contributed by atoms with Gasteiger partial charge in [-0.05, 0) is 31.2 Å². The van der Waals surface area contributed by atoms with Crippen molar-refractivity contribution in [3.05, 3.63) is 48.6 Å². The Labute approximate surface area is 122 Å². The monoisotopic (exact) mass is 275 g/mol. The predicted molar refractivity (Wildman–Crippen MR) is 82.5 cm³/mol. The largest absolute Gasteiger partial charge is 0.445 e. The molecule has 1 aromatic carbocycles. The van der Waals surface area contributed by atoms with E-state index in [9.17, 15) is 4.79 Å². The molecule has 1 amide bonds. The van der Waals surface area contributed by atoms with Crippen molar-refractivity contribution in [3.8, 4) is 0 Å². The Morgan fingerprint density at radius 2 is 2.10 bits per heavy atom. The van der Waals surface area contributed by atoms with Crippen LogP contribution in [0.15, 0.2) is 43.0 Å². The summed E-state index contributed by atoms with van der Waals surface area (Å²) in [6.07, 6.45) is 6.63. The SMILES string of the molecule is C=CCCC[C@H](CCC)NC(=O)OCc1ccccc1. The number of hydrogen-bond acceptors (Lipinski definition) is 2. The van der Waals surface area contributed by atoms with Gasteiger partial charge in [-0.1, -0.05) is 49.8 Å². The molecular formula is C17H25NO2. The first-order valence-electron chi connectivity index (χ1n) is 7.34. The van der Waals surface area contributed by atoms with Crippen molar-refractivity contribution < 1.29 is 9.53 Å². The highest BCUT2D eigenvalue weighted by atomic mass is 16.5. The van der Waals surface area contributed by atoms with E-state index in [4.69, 9.17) is 4.74 Å². The van der Waals surface area contributed by atoms with Gasteiger partial charge in [0.25, 0.3) is 0 Å². The van der Waals surface area contributed by atoms with Gasteiger partial charge in [-0.15, -0.1) is 6.58 Å². The van der Waals surface area contributed by atoms with Crippen LogP contribution in [0.2, 0.25) is 0 Å². The van der Waals surface area contributed by atoms with E-state index in [2.05, 4.69) is 18.8 Å². The Morgan fingerprint density at radius 3 is 2.75 bits per heavy atom. The topological polar surface area (TPSA) is 38.3 Å². The number of hydrogen-bond donors (Lipinski definition) is 1. The van der Waals surface area contributed by atoms with E-state index in [0.717, 1.165) is 37.7 Å². The summed E-state index contributed by atoms with van der Waals surface area (Å²) in [6, 6.07) is 9.91. The van der Waals surface area contributed by atoms with E-state index in [0.29, 0.717) is 6.61 Å². The van der Waals surface area contributed by atoms with E-state index < -0.39 is 0 Å². The molecule has 0 saturated carbocycles. The van der Waals surface area contributed by atoms with Crippen LogP contribution in [-0.4, -0.2) is 12.1 Å². The van der Waals surface area contributed by atoms with Gasteiger partial charge in [0.2, 0.25) is 0 Å². The molecule has 3 heteroatoms. The smallest absolute Gasteiger partial charge is 0.407 e. The molecule has 1 aromatic rings. The van der Waals surface area contributed by atoms with Gasteiger partial charge in [-0.25, -0.2) is 4.79 Å². The quantitative estimate of drug-likeness (QED) is 0.534. The molecule has 0 heterocycles. The molecule has 0 aromatic heterocycles. The number of carbonyl (C=O) groups excluding carboxylic acids is 1. The normalized spacial score (nSPS) is 11.7. The summed E-state index contributed by atoms with van der Waals surface area (Å²) < 4.78 is 5.24. The summed E-state index contributed by atoms with van der Waals surface area (Å²) >= 11 is 0. The van der Waals surface area contributed by atoms with E-state index in [1.54, 1.807) is 0 Å². The summed E-state index contributed by atoms with van der Waals surface area (Å²) in [4.78, 5) is 11.8. The molecule has 0 fully saturated rings. The second kappa shape index (κ2) is 10.1. The number of amides is 1. The van der Waals surface area contributed by atoms with Gasteiger partial charge in [0, 0.05) is 6.04 Å². The zero-order valence-corrected chi connectivity index (χ0v) is 12.3. The van der Waals surface area contributed by atoms with E-state index in [-0.39, 0.29) is 12.1 Å². The number of nitrogens with one attached hydrogen (secondary N) is 1. The standard InChI is InChI=1S/C17H25NO2/c1-3-5-7-13-16(10-4-2)18-17(19)20-14-15-11-8-6-9-12-15/h3,6,8-9,11-12,16H,1,4-5,7,10,13-14H2,2H3,(H,18,19)/t16-/m0/s1. The Balaban J connectivity index is 2.31. The molecule has 110 valence electrons. The molecular weight excluding hydrogens is 250 g/mol. The van der Waals surface area contributed by atoms with Crippen LogP contribution in [-0.2, 0) is 11.3 Å². The van der Waals surface area contributed by atoms with Gasteiger partial charge in [0.05, 0.1) is 0 Å². The molecule has 1 atom stereocenters. The summed E-state index contributed by atoms with van der Waals surface area (Å²) in [5.41, 5.74) is 1.00. The van der Waals surface area contributed by atoms with Crippen molar-refractivity contribution >= 4 is 6.09 Å². The van der Waals surface area contributed by atoms with Crippen LogP contribution >= 0.6 is 0 Å². The maximum atomic E-state index is 11.8. The molecule has 0 saturated heterocycles. The van der Waals surface area contributed by atoms with Crippen molar-refractivity contribution in [1.29, 1.82) is 0 Å². The zero-order valence-electron chi connectivity index (χ0n) is 12.3. The number of alkyl carbamates (subject to hydrolysis) is 1. The van der Waals surface area contributed by atoms with Crippen molar-refractivity contribution in [2.75, 3.05) is 0 Å². The minimum absolute atomic E-state index is 0.197. The summed E-state index contributed by atoms with van der Waals surface area (Å²) in [7, 11) is 0.